The van der Waals surface area contributed by atoms with E-state index in [1.807, 2.05) is 6.92 Å². The van der Waals surface area contributed by atoms with Crippen molar-refractivity contribution in [3.63, 3.8) is 0 Å². The van der Waals surface area contributed by atoms with Crippen molar-refractivity contribution in [3.8, 4) is 0 Å². The zero-order valence-electron chi connectivity index (χ0n) is 7.67. The van der Waals surface area contributed by atoms with E-state index < -0.39 is 10.1 Å². The Kier molecular flexibility index (Phi) is 8.95. The van der Waals surface area contributed by atoms with Gasteiger partial charge in [-0.2, -0.15) is 0 Å². The van der Waals surface area contributed by atoms with Crippen LogP contribution in [0.3, 0.4) is 0 Å². The van der Waals surface area contributed by atoms with Crippen LogP contribution in [0.15, 0.2) is 11.5 Å². The third kappa shape index (κ3) is 7.31. The predicted molar refractivity (Wildman–Crippen MR) is 43.0 cm³/mol. The Morgan fingerprint density at radius 1 is 1.42 bits per heavy atom. The van der Waals surface area contributed by atoms with Gasteiger partial charge in [-0.1, -0.05) is 26.3 Å². The zero-order valence-corrected chi connectivity index (χ0v) is 10.5. The minimum atomic E-state index is -4.23. The maximum absolute atomic E-state index is 10.3. The van der Waals surface area contributed by atoms with Crippen LogP contribution in [0.2, 0.25) is 0 Å². The number of hydrogen-bond donors (Lipinski definition) is 0. The zero-order chi connectivity index (χ0) is 8.91. The number of rotatable bonds is 5. The van der Waals surface area contributed by atoms with Crippen LogP contribution in [0.25, 0.3) is 0 Å². The molecule has 0 aromatic carbocycles. The summed E-state index contributed by atoms with van der Waals surface area (Å²) >= 11 is 0. The fourth-order valence-corrected chi connectivity index (χ4v) is 1.09. The van der Waals surface area contributed by atoms with Gasteiger partial charge in [-0.15, -0.1) is 0 Å². The van der Waals surface area contributed by atoms with Crippen LogP contribution < -0.4 is 29.6 Å². The fraction of sp³-hybridized carbons (Fsp3) is 0.714. The van der Waals surface area contributed by atoms with Crippen molar-refractivity contribution in [2.75, 3.05) is 0 Å². The summed E-state index contributed by atoms with van der Waals surface area (Å²) in [5.41, 5.74) is 0. The van der Waals surface area contributed by atoms with E-state index in [9.17, 15) is 13.0 Å². The molecule has 0 heterocycles. The molecule has 0 amide bonds. The molecule has 0 atom stereocenters. The van der Waals surface area contributed by atoms with Gasteiger partial charge in [0.2, 0.25) is 0 Å². The molecule has 0 aliphatic carbocycles. The predicted octanol–water partition coefficient (Wildman–Crippen LogP) is -1.37. The Labute approximate surface area is 96.3 Å². The van der Waals surface area contributed by atoms with Crippen LogP contribution in [0.4, 0.5) is 0 Å². The monoisotopic (exact) mass is 200 g/mol. The van der Waals surface area contributed by atoms with Crippen molar-refractivity contribution in [3.05, 3.63) is 11.5 Å². The molecule has 0 aromatic rings. The molecule has 12 heavy (non-hydrogen) atoms. The van der Waals surface area contributed by atoms with Crippen LogP contribution in [-0.4, -0.2) is 13.0 Å². The molecule has 0 saturated carbocycles. The molecular formula is C7H13NaO3S. The first-order valence-corrected chi connectivity index (χ1v) is 5.03. The van der Waals surface area contributed by atoms with Crippen molar-refractivity contribution < 1.29 is 42.5 Å². The second-order valence-corrected chi connectivity index (χ2v) is 3.94. The van der Waals surface area contributed by atoms with Gasteiger partial charge in [-0.3, -0.25) is 0 Å². The van der Waals surface area contributed by atoms with Gasteiger partial charge in [0.15, 0.2) is 0 Å². The van der Waals surface area contributed by atoms with Gasteiger partial charge in [-0.05, 0) is 12.8 Å². The summed E-state index contributed by atoms with van der Waals surface area (Å²) in [6.45, 7) is 5.21. The van der Waals surface area contributed by atoms with Gasteiger partial charge in [0.1, 0.15) is 10.1 Å². The van der Waals surface area contributed by atoms with E-state index in [2.05, 4.69) is 6.58 Å². The van der Waals surface area contributed by atoms with Crippen molar-refractivity contribution in [1.82, 2.24) is 0 Å². The van der Waals surface area contributed by atoms with Gasteiger partial charge < -0.3 is 4.55 Å². The van der Waals surface area contributed by atoms with Crippen molar-refractivity contribution >= 4 is 10.1 Å². The van der Waals surface area contributed by atoms with E-state index in [0.29, 0.717) is 6.42 Å². The third-order valence-corrected chi connectivity index (χ3v) is 2.32. The maximum Gasteiger partial charge on any atom is 1.00 e. The summed E-state index contributed by atoms with van der Waals surface area (Å²) in [5.74, 6) is 0. The number of hydrogen-bond acceptors (Lipinski definition) is 3. The van der Waals surface area contributed by atoms with Crippen molar-refractivity contribution in [1.29, 1.82) is 0 Å². The summed E-state index contributed by atoms with van der Waals surface area (Å²) in [7, 11) is -4.23. The molecule has 0 rings (SSSR count). The van der Waals surface area contributed by atoms with E-state index in [1.54, 1.807) is 0 Å². The summed E-state index contributed by atoms with van der Waals surface area (Å²) in [4.78, 5) is -0.189. The van der Waals surface area contributed by atoms with E-state index >= 15 is 0 Å². The molecule has 0 N–H and O–H groups in total. The van der Waals surface area contributed by atoms with Crippen LogP contribution >= 0.6 is 0 Å². The normalized spacial score (nSPS) is 10.5. The van der Waals surface area contributed by atoms with Crippen LogP contribution in [-0.2, 0) is 10.1 Å². The average Bonchev–Trinajstić information content (AvgIpc) is 1.86. The molecular weight excluding hydrogens is 187 g/mol. The van der Waals surface area contributed by atoms with Gasteiger partial charge in [0, 0.05) is 4.91 Å². The van der Waals surface area contributed by atoms with Crippen LogP contribution in [0, 0.1) is 0 Å². The van der Waals surface area contributed by atoms with Gasteiger partial charge in [0.05, 0.1) is 0 Å². The molecule has 66 valence electrons. The quantitative estimate of drug-likeness (QED) is 0.312. The van der Waals surface area contributed by atoms with E-state index in [-0.39, 0.29) is 34.5 Å². The Morgan fingerprint density at radius 2 is 1.92 bits per heavy atom. The SMILES string of the molecule is C=C(CCCCC)S(=O)(=O)[O-].[Na+]. The number of allylic oxidation sites excluding steroid dienone is 1. The van der Waals surface area contributed by atoms with Gasteiger partial charge in [0.25, 0.3) is 0 Å². The molecule has 0 fully saturated rings. The van der Waals surface area contributed by atoms with Gasteiger partial charge >= 0.3 is 29.6 Å². The topological polar surface area (TPSA) is 57.2 Å². The van der Waals surface area contributed by atoms with E-state index in [1.165, 1.54) is 0 Å². The molecule has 0 radical (unpaired) electrons. The Morgan fingerprint density at radius 3 is 2.25 bits per heavy atom. The molecule has 5 heteroatoms. The summed E-state index contributed by atoms with van der Waals surface area (Å²) in [6.07, 6.45) is 2.98. The average molecular weight is 200 g/mol. The largest absolute Gasteiger partial charge is 1.00 e. The second kappa shape index (κ2) is 7.09. The first-order valence-electron chi connectivity index (χ1n) is 3.62. The standard InChI is InChI=1S/C7H14O3S.Na/c1-3-4-5-6-7(2)11(8,9)10;/h2-6H2,1H3,(H,8,9,10);/q;+1/p-1. The molecule has 0 bridgehead atoms. The summed E-state index contributed by atoms with van der Waals surface area (Å²) in [6, 6.07) is 0. The minimum absolute atomic E-state index is 0. The number of unbranched alkanes of at least 4 members (excludes halogenated alkanes) is 2. The molecule has 0 saturated heterocycles. The Hall–Kier alpha value is 0.650. The Bertz CT molecular complexity index is 221. The molecule has 0 aromatic heterocycles. The van der Waals surface area contributed by atoms with Crippen molar-refractivity contribution in [2.45, 2.75) is 32.6 Å². The minimum Gasteiger partial charge on any atom is -0.744 e. The van der Waals surface area contributed by atoms with E-state index in [0.717, 1.165) is 19.3 Å². The molecule has 0 aliphatic rings. The summed E-state index contributed by atoms with van der Waals surface area (Å²) in [5, 5.41) is 0. The first-order chi connectivity index (χ1) is 4.98. The fourth-order valence-electron chi connectivity index (χ4n) is 0.697. The summed E-state index contributed by atoms with van der Waals surface area (Å²) < 4.78 is 30.8. The molecule has 3 nitrogen and oxygen atoms in total. The van der Waals surface area contributed by atoms with Crippen molar-refractivity contribution in [2.24, 2.45) is 0 Å². The first kappa shape index (κ1) is 15.1. The maximum atomic E-state index is 10.3. The molecule has 0 spiro atoms. The Balaban J connectivity index is 0. The smallest absolute Gasteiger partial charge is 0.744 e. The second-order valence-electron chi connectivity index (χ2n) is 2.45. The molecule has 0 unspecified atom stereocenters. The van der Waals surface area contributed by atoms with Crippen LogP contribution in [0.5, 0.6) is 0 Å². The van der Waals surface area contributed by atoms with Gasteiger partial charge in [-0.25, -0.2) is 8.42 Å². The third-order valence-electron chi connectivity index (χ3n) is 1.41. The van der Waals surface area contributed by atoms with Crippen LogP contribution in [0.1, 0.15) is 32.6 Å². The van der Waals surface area contributed by atoms with E-state index in [4.69, 9.17) is 0 Å². The molecule has 0 aliphatic heterocycles.